The Balaban J connectivity index is 2.74. The van der Waals surface area contributed by atoms with Gasteiger partial charge in [-0.3, -0.25) is 0 Å². The standard InChI is InChI=1S/C13H20O2/c1-4-11(9-14)8-12-5-6-13(15-3)10(2)7-12/h5-7,11,14H,4,8-9H2,1-3H3. The van der Waals surface area contributed by atoms with Crippen LogP contribution in [0, 0.1) is 12.8 Å². The molecule has 0 aliphatic rings. The van der Waals surface area contributed by atoms with Crippen LogP contribution in [0.4, 0.5) is 0 Å². The zero-order valence-corrected chi connectivity index (χ0v) is 9.79. The number of aliphatic hydroxyl groups excluding tert-OH is 1. The first kappa shape index (κ1) is 12.1. The van der Waals surface area contributed by atoms with Crippen LogP contribution in [-0.4, -0.2) is 18.8 Å². The summed E-state index contributed by atoms with van der Waals surface area (Å²) in [6, 6.07) is 6.20. The summed E-state index contributed by atoms with van der Waals surface area (Å²) in [5.74, 6) is 1.30. The number of benzene rings is 1. The number of hydrogen-bond donors (Lipinski definition) is 1. The topological polar surface area (TPSA) is 29.5 Å². The molecule has 0 fully saturated rings. The molecule has 1 unspecified atom stereocenters. The third kappa shape index (κ3) is 3.24. The molecule has 1 N–H and O–H groups in total. The van der Waals surface area contributed by atoms with E-state index in [2.05, 4.69) is 19.1 Å². The van der Waals surface area contributed by atoms with E-state index in [-0.39, 0.29) is 6.61 Å². The normalized spacial score (nSPS) is 12.5. The Hall–Kier alpha value is -1.02. The second kappa shape index (κ2) is 5.76. The van der Waals surface area contributed by atoms with Crippen LogP contribution in [0.3, 0.4) is 0 Å². The molecule has 2 heteroatoms. The molecule has 0 aliphatic carbocycles. The molecule has 15 heavy (non-hydrogen) atoms. The van der Waals surface area contributed by atoms with Crippen LogP contribution >= 0.6 is 0 Å². The van der Waals surface area contributed by atoms with Gasteiger partial charge in [0.2, 0.25) is 0 Å². The van der Waals surface area contributed by atoms with Gasteiger partial charge in [-0.05, 0) is 36.5 Å². The van der Waals surface area contributed by atoms with Gasteiger partial charge in [-0.25, -0.2) is 0 Å². The highest BCUT2D eigenvalue weighted by molar-refractivity contribution is 5.36. The second-order valence-electron chi connectivity index (χ2n) is 3.96. The summed E-state index contributed by atoms with van der Waals surface area (Å²) in [5, 5.41) is 9.13. The molecule has 1 atom stereocenters. The Bertz CT molecular complexity index is 303. The minimum absolute atomic E-state index is 0.265. The van der Waals surface area contributed by atoms with E-state index in [9.17, 15) is 0 Å². The average molecular weight is 208 g/mol. The third-order valence-corrected chi connectivity index (χ3v) is 2.82. The number of methoxy groups -OCH3 is 1. The van der Waals surface area contributed by atoms with E-state index in [1.165, 1.54) is 5.56 Å². The van der Waals surface area contributed by atoms with Gasteiger partial charge in [-0.2, -0.15) is 0 Å². The summed E-state index contributed by atoms with van der Waals surface area (Å²) in [6.07, 6.45) is 1.96. The summed E-state index contributed by atoms with van der Waals surface area (Å²) in [5.41, 5.74) is 2.43. The van der Waals surface area contributed by atoms with Crippen LogP contribution in [0.2, 0.25) is 0 Å². The first-order chi connectivity index (χ1) is 7.21. The van der Waals surface area contributed by atoms with Gasteiger partial charge in [-0.15, -0.1) is 0 Å². The first-order valence-corrected chi connectivity index (χ1v) is 5.45. The van der Waals surface area contributed by atoms with Crippen LogP contribution in [-0.2, 0) is 6.42 Å². The van der Waals surface area contributed by atoms with E-state index < -0.39 is 0 Å². The SMILES string of the molecule is CCC(CO)Cc1ccc(OC)c(C)c1. The Morgan fingerprint density at radius 1 is 1.40 bits per heavy atom. The monoisotopic (exact) mass is 208 g/mol. The van der Waals surface area contributed by atoms with Crippen molar-refractivity contribution in [1.29, 1.82) is 0 Å². The van der Waals surface area contributed by atoms with Crippen molar-refractivity contribution in [1.82, 2.24) is 0 Å². The Labute approximate surface area is 91.9 Å². The van der Waals surface area contributed by atoms with Gasteiger partial charge in [-0.1, -0.05) is 25.5 Å². The van der Waals surface area contributed by atoms with E-state index in [1.807, 2.05) is 13.0 Å². The summed E-state index contributed by atoms with van der Waals surface area (Å²) < 4.78 is 5.21. The third-order valence-electron chi connectivity index (χ3n) is 2.82. The molecule has 0 amide bonds. The van der Waals surface area contributed by atoms with Crippen molar-refractivity contribution in [2.75, 3.05) is 13.7 Å². The zero-order valence-electron chi connectivity index (χ0n) is 9.79. The van der Waals surface area contributed by atoms with E-state index >= 15 is 0 Å². The van der Waals surface area contributed by atoms with Gasteiger partial charge in [0.1, 0.15) is 5.75 Å². The van der Waals surface area contributed by atoms with E-state index in [0.29, 0.717) is 5.92 Å². The Kier molecular flexibility index (Phi) is 4.63. The summed E-state index contributed by atoms with van der Waals surface area (Å²) in [6.45, 7) is 4.42. The lowest BCUT2D eigenvalue weighted by molar-refractivity contribution is 0.222. The highest BCUT2D eigenvalue weighted by Crippen LogP contribution is 2.20. The van der Waals surface area contributed by atoms with E-state index in [4.69, 9.17) is 9.84 Å². The van der Waals surface area contributed by atoms with Crippen LogP contribution in [0.25, 0.3) is 0 Å². The van der Waals surface area contributed by atoms with Crippen LogP contribution in [0.15, 0.2) is 18.2 Å². The number of aryl methyl sites for hydroxylation is 1. The maximum absolute atomic E-state index is 9.13. The van der Waals surface area contributed by atoms with E-state index in [1.54, 1.807) is 7.11 Å². The minimum atomic E-state index is 0.265. The van der Waals surface area contributed by atoms with Gasteiger partial charge < -0.3 is 9.84 Å². The zero-order chi connectivity index (χ0) is 11.3. The van der Waals surface area contributed by atoms with E-state index in [0.717, 1.165) is 24.2 Å². The fourth-order valence-corrected chi connectivity index (χ4v) is 1.74. The Morgan fingerprint density at radius 3 is 2.60 bits per heavy atom. The van der Waals surface area contributed by atoms with Gasteiger partial charge in [0.05, 0.1) is 7.11 Å². The molecule has 2 nitrogen and oxygen atoms in total. The number of rotatable bonds is 5. The molecule has 0 saturated heterocycles. The van der Waals surface area contributed by atoms with Crippen LogP contribution < -0.4 is 4.74 Å². The molecule has 0 aliphatic heterocycles. The molecule has 0 spiro atoms. The quantitative estimate of drug-likeness (QED) is 0.806. The molecular formula is C13H20O2. The van der Waals surface area contributed by atoms with Gasteiger partial charge in [0.25, 0.3) is 0 Å². The molecule has 0 aromatic heterocycles. The van der Waals surface area contributed by atoms with Gasteiger partial charge >= 0.3 is 0 Å². The molecule has 0 bridgehead atoms. The molecular weight excluding hydrogens is 188 g/mol. The lowest BCUT2D eigenvalue weighted by atomic mass is 9.96. The molecule has 1 aromatic rings. The minimum Gasteiger partial charge on any atom is -0.496 e. The van der Waals surface area contributed by atoms with Crippen molar-refractivity contribution in [3.8, 4) is 5.75 Å². The largest absolute Gasteiger partial charge is 0.496 e. The van der Waals surface area contributed by atoms with Crippen molar-refractivity contribution in [3.05, 3.63) is 29.3 Å². The number of aliphatic hydroxyl groups is 1. The molecule has 1 rings (SSSR count). The molecule has 0 saturated carbocycles. The smallest absolute Gasteiger partial charge is 0.121 e. The predicted octanol–water partition coefficient (Wildman–Crippen LogP) is 2.56. The lowest BCUT2D eigenvalue weighted by Gasteiger charge is -2.13. The number of ether oxygens (including phenoxy) is 1. The van der Waals surface area contributed by atoms with Crippen LogP contribution in [0.1, 0.15) is 24.5 Å². The van der Waals surface area contributed by atoms with Crippen molar-refractivity contribution in [2.24, 2.45) is 5.92 Å². The lowest BCUT2D eigenvalue weighted by Crippen LogP contribution is -2.08. The maximum atomic E-state index is 9.13. The van der Waals surface area contributed by atoms with Gasteiger partial charge in [0.15, 0.2) is 0 Å². The molecule has 1 aromatic carbocycles. The second-order valence-corrected chi connectivity index (χ2v) is 3.96. The van der Waals surface area contributed by atoms with Crippen molar-refractivity contribution >= 4 is 0 Å². The fraction of sp³-hybridized carbons (Fsp3) is 0.538. The summed E-state index contributed by atoms with van der Waals surface area (Å²) in [4.78, 5) is 0. The van der Waals surface area contributed by atoms with Gasteiger partial charge in [0, 0.05) is 6.61 Å². The molecule has 0 heterocycles. The fourth-order valence-electron chi connectivity index (χ4n) is 1.74. The Morgan fingerprint density at radius 2 is 2.13 bits per heavy atom. The molecule has 84 valence electrons. The highest BCUT2D eigenvalue weighted by atomic mass is 16.5. The number of hydrogen-bond acceptors (Lipinski definition) is 2. The van der Waals surface area contributed by atoms with Crippen LogP contribution in [0.5, 0.6) is 5.75 Å². The predicted molar refractivity (Wildman–Crippen MR) is 62.3 cm³/mol. The van der Waals surface area contributed by atoms with Crippen molar-refractivity contribution in [2.45, 2.75) is 26.7 Å². The maximum Gasteiger partial charge on any atom is 0.121 e. The summed E-state index contributed by atoms with van der Waals surface area (Å²) in [7, 11) is 1.69. The van der Waals surface area contributed by atoms with Crippen molar-refractivity contribution in [3.63, 3.8) is 0 Å². The highest BCUT2D eigenvalue weighted by Gasteiger charge is 2.07. The average Bonchev–Trinajstić information content (AvgIpc) is 2.26. The molecule has 0 radical (unpaired) electrons. The summed E-state index contributed by atoms with van der Waals surface area (Å²) >= 11 is 0. The first-order valence-electron chi connectivity index (χ1n) is 5.45. The van der Waals surface area contributed by atoms with Crippen molar-refractivity contribution < 1.29 is 9.84 Å².